The molecule has 8 N–H and O–H groups in total. The van der Waals surface area contributed by atoms with Crippen molar-refractivity contribution in [1.82, 2.24) is 21.3 Å². The van der Waals surface area contributed by atoms with Crippen LogP contribution in [0.15, 0.2) is 0 Å². The molecule has 174 valence electrons. The molecule has 0 aromatic heterocycles. The molecule has 0 bridgehead atoms. The number of nitrogens with one attached hydrogen (secondary N) is 4. The fourth-order valence-corrected chi connectivity index (χ4v) is 2.91. The minimum atomic E-state index is -0.813. The number of Topliss-reactive ketones (excluding diaryl/α,β-unsaturated/α-hetero) is 1. The van der Waals surface area contributed by atoms with E-state index in [9.17, 15) is 19.2 Å². The molecular formula is C20H40N6O4. The summed E-state index contributed by atoms with van der Waals surface area (Å²) in [5.41, 5.74) is 10.7. The number of ketones is 1. The fraction of sp³-hybridized carbons (Fsp3) is 0.800. The van der Waals surface area contributed by atoms with Crippen molar-refractivity contribution in [3.05, 3.63) is 0 Å². The van der Waals surface area contributed by atoms with Gasteiger partial charge in [0.25, 0.3) is 0 Å². The van der Waals surface area contributed by atoms with Gasteiger partial charge in [-0.15, -0.1) is 0 Å². The van der Waals surface area contributed by atoms with E-state index >= 15 is 0 Å². The van der Waals surface area contributed by atoms with Crippen LogP contribution in [-0.2, 0) is 14.4 Å². The van der Waals surface area contributed by atoms with Crippen LogP contribution >= 0.6 is 0 Å². The van der Waals surface area contributed by atoms with Crippen LogP contribution in [-0.4, -0.2) is 60.9 Å². The molecule has 30 heavy (non-hydrogen) atoms. The highest BCUT2D eigenvalue weighted by Crippen LogP contribution is 2.09. The number of primary amides is 1. The molecule has 0 unspecified atom stereocenters. The van der Waals surface area contributed by atoms with E-state index in [0.717, 1.165) is 0 Å². The van der Waals surface area contributed by atoms with Gasteiger partial charge < -0.3 is 32.7 Å². The maximum Gasteiger partial charge on any atom is 0.312 e. The van der Waals surface area contributed by atoms with Crippen molar-refractivity contribution in [3.8, 4) is 0 Å². The first-order valence-corrected chi connectivity index (χ1v) is 10.5. The van der Waals surface area contributed by atoms with Gasteiger partial charge in [0.05, 0.1) is 12.1 Å². The van der Waals surface area contributed by atoms with Crippen LogP contribution in [0, 0.1) is 11.8 Å². The van der Waals surface area contributed by atoms with Crippen LogP contribution in [0.25, 0.3) is 0 Å². The minimum absolute atomic E-state index is 0.0534. The molecule has 0 rings (SSSR count). The Morgan fingerprint density at radius 1 is 0.867 bits per heavy atom. The average Bonchev–Trinajstić information content (AvgIpc) is 2.64. The number of hydrogen-bond donors (Lipinski definition) is 6. The number of amides is 4. The SMILES string of the molecule is CC(C)N[C@@H](CN)C(=O)N[C@H](C(=O)N[C@@H](CCCNC(N)=O)C(=O)C(C)C)C(C)C. The van der Waals surface area contributed by atoms with E-state index in [0.29, 0.717) is 19.4 Å². The highest BCUT2D eigenvalue weighted by atomic mass is 16.2. The van der Waals surface area contributed by atoms with E-state index in [1.165, 1.54) is 0 Å². The molecule has 0 aromatic rings. The summed E-state index contributed by atoms with van der Waals surface area (Å²) < 4.78 is 0. The quantitative estimate of drug-likeness (QED) is 0.206. The van der Waals surface area contributed by atoms with Crippen LogP contribution in [0.5, 0.6) is 0 Å². The van der Waals surface area contributed by atoms with Gasteiger partial charge in [-0.1, -0.05) is 41.5 Å². The number of carbonyl (C=O) groups excluding carboxylic acids is 4. The Balaban J connectivity index is 5.19. The standard InChI is InChI=1S/C20H40N6O4/c1-11(2)16(26-18(28)15(10-21)24-13(5)6)19(29)25-14(17(27)12(3)4)8-7-9-23-20(22)30/h11-16,24H,7-10,21H2,1-6H3,(H,25,29)(H,26,28)(H3,22,23,30)/t14-,15-,16-/m0/s1. The van der Waals surface area contributed by atoms with Crippen molar-refractivity contribution < 1.29 is 19.2 Å². The van der Waals surface area contributed by atoms with Crippen LogP contribution in [0.4, 0.5) is 4.79 Å². The topological polar surface area (TPSA) is 168 Å². The van der Waals surface area contributed by atoms with Crippen molar-refractivity contribution in [2.24, 2.45) is 23.3 Å². The van der Waals surface area contributed by atoms with Crippen LogP contribution in [0.1, 0.15) is 54.4 Å². The molecule has 0 aliphatic heterocycles. The maximum atomic E-state index is 12.9. The number of nitrogens with two attached hydrogens (primary N) is 2. The summed E-state index contributed by atoms with van der Waals surface area (Å²) >= 11 is 0. The van der Waals surface area contributed by atoms with E-state index in [1.54, 1.807) is 13.8 Å². The Labute approximate surface area is 179 Å². The molecule has 0 heterocycles. The molecule has 0 saturated heterocycles. The number of carbonyl (C=O) groups is 4. The van der Waals surface area contributed by atoms with Crippen molar-refractivity contribution in [2.75, 3.05) is 13.1 Å². The minimum Gasteiger partial charge on any atom is -0.352 e. The molecule has 0 spiro atoms. The summed E-state index contributed by atoms with van der Waals surface area (Å²) in [6, 6.07) is -2.74. The molecule has 0 aromatic carbocycles. The predicted molar refractivity (Wildman–Crippen MR) is 116 cm³/mol. The third kappa shape index (κ3) is 10.5. The molecule has 10 nitrogen and oxygen atoms in total. The normalized spacial score (nSPS) is 14.3. The molecule has 0 fully saturated rings. The summed E-state index contributed by atoms with van der Waals surface area (Å²) in [5.74, 6) is -1.38. The Bertz CT molecular complexity index is 580. The van der Waals surface area contributed by atoms with Gasteiger partial charge in [0.1, 0.15) is 6.04 Å². The van der Waals surface area contributed by atoms with Crippen molar-refractivity contribution in [1.29, 1.82) is 0 Å². The van der Waals surface area contributed by atoms with Crippen molar-refractivity contribution in [3.63, 3.8) is 0 Å². The van der Waals surface area contributed by atoms with Gasteiger partial charge in [-0.2, -0.15) is 0 Å². The van der Waals surface area contributed by atoms with Gasteiger partial charge in [-0.25, -0.2) is 4.79 Å². The van der Waals surface area contributed by atoms with Crippen LogP contribution in [0.2, 0.25) is 0 Å². The first-order valence-electron chi connectivity index (χ1n) is 10.5. The van der Waals surface area contributed by atoms with E-state index in [-0.39, 0.29) is 36.1 Å². The summed E-state index contributed by atoms with van der Waals surface area (Å²) in [4.78, 5) is 48.8. The largest absolute Gasteiger partial charge is 0.352 e. The predicted octanol–water partition coefficient (Wildman–Crippen LogP) is -0.389. The van der Waals surface area contributed by atoms with Crippen LogP contribution < -0.4 is 32.7 Å². The second-order valence-corrected chi connectivity index (χ2v) is 8.39. The Morgan fingerprint density at radius 3 is 1.90 bits per heavy atom. The maximum absolute atomic E-state index is 12.9. The lowest BCUT2D eigenvalue weighted by Crippen LogP contribution is -2.59. The van der Waals surface area contributed by atoms with E-state index in [4.69, 9.17) is 11.5 Å². The molecule has 0 aliphatic rings. The number of rotatable bonds is 14. The average molecular weight is 429 g/mol. The lowest BCUT2D eigenvalue weighted by atomic mass is 9.96. The molecular weight excluding hydrogens is 388 g/mol. The first kappa shape index (κ1) is 27.8. The van der Waals surface area contributed by atoms with E-state index in [1.807, 2.05) is 27.7 Å². The van der Waals surface area contributed by atoms with Crippen molar-refractivity contribution >= 4 is 23.6 Å². The molecule has 0 saturated carbocycles. The zero-order chi connectivity index (χ0) is 23.4. The molecule has 10 heteroatoms. The Kier molecular flexibility index (Phi) is 12.9. The zero-order valence-corrected chi connectivity index (χ0v) is 19.1. The summed E-state index contributed by atoms with van der Waals surface area (Å²) in [7, 11) is 0. The number of urea groups is 1. The summed E-state index contributed by atoms with van der Waals surface area (Å²) in [6.07, 6.45) is 0.820. The highest BCUT2D eigenvalue weighted by Gasteiger charge is 2.31. The lowest BCUT2D eigenvalue weighted by Gasteiger charge is -2.28. The second-order valence-electron chi connectivity index (χ2n) is 8.39. The highest BCUT2D eigenvalue weighted by molar-refractivity contribution is 5.94. The molecule has 0 aliphatic carbocycles. The fourth-order valence-electron chi connectivity index (χ4n) is 2.91. The molecule has 4 amide bonds. The van der Waals surface area contributed by atoms with Gasteiger partial charge in [-0.05, 0) is 18.8 Å². The molecule has 0 radical (unpaired) electrons. The van der Waals surface area contributed by atoms with Gasteiger partial charge in [0, 0.05) is 25.0 Å². The first-order chi connectivity index (χ1) is 13.9. The van der Waals surface area contributed by atoms with Gasteiger partial charge in [0.15, 0.2) is 5.78 Å². The Morgan fingerprint density at radius 2 is 1.47 bits per heavy atom. The van der Waals surface area contributed by atoms with E-state index < -0.39 is 30.1 Å². The van der Waals surface area contributed by atoms with Crippen LogP contribution in [0.3, 0.4) is 0 Å². The summed E-state index contributed by atoms with van der Waals surface area (Å²) in [6.45, 7) is 11.3. The van der Waals surface area contributed by atoms with Crippen molar-refractivity contribution in [2.45, 2.75) is 78.6 Å². The number of hydrogen-bond acceptors (Lipinski definition) is 6. The van der Waals surface area contributed by atoms with Gasteiger partial charge in [0.2, 0.25) is 11.8 Å². The van der Waals surface area contributed by atoms with Gasteiger partial charge >= 0.3 is 6.03 Å². The smallest absolute Gasteiger partial charge is 0.312 e. The van der Waals surface area contributed by atoms with E-state index in [2.05, 4.69) is 21.3 Å². The lowest BCUT2D eigenvalue weighted by molar-refractivity contribution is -0.133. The zero-order valence-electron chi connectivity index (χ0n) is 19.1. The second kappa shape index (κ2) is 13.9. The molecule has 3 atom stereocenters. The Hall–Kier alpha value is -2.20. The van der Waals surface area contributed by atoms with Gasteiger partial charge in [-0.3, -0.25) is 14.4 Å². The third-order valence-corrected chi connectivity index (χ3v) is 4.53. The monoisotopic (exact) mass is 428 g/mol. The summed E-state index contributed by atoms with van der Waals surface area (Å²) in [5, 5.41) is 11.0. The third-order valence-electron chi connectivity index (χ3n) is 4.53.